The van der Waals surface area contributed by atoms with Gasteiger partial charge in [0.2, 0.25) is 11.6 Å². The number of halogens is 1. The Hall–Kier alpha value is -2.27. The van der Waals surface area contributed by atoms with Gasteiger partial charge in [-0.2, -0.15) is 0 Å². The summed E-state index contributed by atoms with van der Waals surface area (Å²) < 4.78 is 0. The van der Waals surface area contributed by atoms with Crippen LogP contribution >= 0.6 is 11.6 Å². The number of hydrogen-bond acceptors (Lipinski definition) is 5. The summed E-state index contributed by atoms with van der Waals surface area (Å²) in [5, 5.41) is 9.81. The second-order valence-electron chi connectivity index (χ2n) is 3.73. The third-order valence-corrected chi connectivity index (χ3v) is 3.03. The van der Waals surface area contributed by atoms with E-state index in [1.807, 2.05) is 0 Å². The zero-order valence-corrected chi connectivity index (χ0v) is 9.60. The molecule has 0 saturated heterocycles. The summed E-state index contributed by atoms with van der Waals surface area (Å²) in [7, 11) is 0. The lowest BCUT2D eigenvalue weighted by Crippen LogP contribution is -2.24. The molecular weight excluding hydrogens is 256 g/mol. The third-order valence-electron chi connectivity index (χ3n) is 2.71. The number of aromatic nitrogens is 2. The van der Waals surface area contributed by atoms with Crippen LogP contribution in [0.1, 0.15) is 32.1 Å². The molecule has 0 aromatic carbocycles. The Balaban J connectivity index is 2.40. The summed E-state index contributed by atoms with van der Waals surface area (Å²) in [5.74, 6) is -1.34. The van der Waals surface area contributed by atoms with Crippen LogP contribution in [0, 0.1) is 0 Å². The number of hydrogen-bond donors (Lipinski definition) is 1. The van der Waals surface area contributed by atoms with Crippen LogP contribution in [0.3, 0.4) is 0 Å². The summed E-state index contributed by atoms with van der Waals surface area (Å²) in [6, 6.07) is 2.68. The van der Waals surface area contributed by atoms with Crippen molar-refractivity contribution in [2.24, 2.45) is 0 Å². The van der Waals surface area contributed by atoms with E-state index < -0.39 is 11.6 Å². The van der Waals surface area contributed by atoms with Crippen molar-refractivity contribution in [3.8, 4) is 5.75 Å². The average Bonchev–Trinajstić information content (AvgIpc) is 2.35. The Kier molecular flexibility index (Phi) is 2.18. The fourth-order valence-corrected chi connectivity index (χ4v) is 2.14. The summed E-state index contributed by atoms with van der Waals surface area (Å²) in [6.45, 7) is 0. The van der Waals surface area contributed by atoms with Crippen LogP contribution in [0.4, 0.5) is 0 Å². The van der Waals surface area contributed by atoms with Crippen molar-refractivity contribution in [3.63, 3.8) is 0 Å². The molecule has 0 bridgehead atoms. The van der Waals surface area contributed by atoms with Gasteiger partial charge in [-0.1, -0.05) is 11.6 Å². The maximum absolute atomic E-state index is 12.2. The molecule has 2 heterocycles. The molecule has 88 valence electrons. The second kappa shape index (κ2) is 3.61. The van der Waals surface area contributed by atoms with Gasteiger partial charge in [-0.25, -0.2) is 0 Å². The number of carbonyl (C=O) groups is 2. The predicted octanol–water partition coefficient (Wildman–Crippen LogP) is 1.61. The molecule has 1 aliphatic rings. The molecule has 6 heteroatoms. The molecule has 1 N–H and O–H groups in total. The minimum absolute atomic E-state index is 0.0368. The molecule has 3 rings (SSSR count). The van der Waals surface area contributed by atoms with Crippen LogP contribution in [-0.2, 0) is 0 Å². The van der Waals surface area contributed by atoms with Gasteiger partial charge in [0.15, 0.2) is 0 Å². The zero-order valence-electron chi connectivity index (χ0n) is 8.85. The summed E-state index contributed by atoms with van der Waals surface area (Å²) in [5.41, 5.74) is -0.231. The second-order valence-corrected chi connectivity index (χ2v) is 4.14. The van der Waals surface area contributed by atoms with E-state index in [1.54, 1.807) is 0 Å². The van der Waals surface area contributed by atoms with Crippen LogP contribution in [-0.4, -0.2) is 26.6 Å². The highest BCUT2D eigenvalue weighted by atomic mass is 35.5. The highest BCUT2D eigenvalue weighted by Gasteiger charge is 2.35. The first kappa shape index (κ1) is 10.9. The number of carbonyl (C=O) groups excluding carboxylic acids is 2. The van der Waals surface area contributed by atoms with E-state index in [2.05, 4.69) is 9.97 Å². The Morgan fingerprint density at radius 2 is 1.50 bits per heavy atom. The van der Waals surface area contributed by atoms with Gasteiger partial charge < -0.3 is 5.11 Å². The normalized spacial score (nSPS) is 13.2. The fourth-order valence-electron chi connectivity index (χ4n) is 1.91. The number of aromatic hydroxyl groups is 1. The first-order chi connectivity index (χ1) is 8.61. The molecule has 0 radical (unpaired) electrons. The SMILES string of the molecule is O=C1c2nccc(Cl)c2C(=O)c2nccc(O)c21. The molecule has 18 heavy (non-hydrogen) atoms. The van der Waals surface area contributed by atoms with Crippen LogP contribution in [0.15, 0.2) is 24.5 Å². The molecule has 0 fully saturated rings. The highest BCUT2D eigenvalue weighted by Crippen LogP contribution is 2.32. The molecule has 0 spiro atoms. The monoisotopic (exact) mass is 260 g/mol. The predicted molar refractivity (Wildman–Crippen MR) is 62.0 cm³/mol. The van der Waals surface area contributed by atoms with E-state index in [9.17, 15) is 14.7 Å². The summed E-state index contributed by atoms with van der Waals surface area (Å²) >= 11 is 5.91. The fraction of sp³-hybridized carbons (Fsp3) is 0. The van der Waals surface area contributed by atoms with E-state index in [4.69, 9.17) is 11.6 Å². The largest absolute Gasteiger partial charge is 0.507 e. The first-order valence-electron chi connectivity index (χ1n) is 5.03. The molecule has 0 atom stereocenters. The molecular formula is C12H5ClN2O3. The lowest BCUT2D eigenvalue weighted by atomic mass is 9.90. The summed E-state index contributed by atoms with van der Waals surface area (Å²) in [6.07, 6.45) is 2.60. The minimum atomic E-state index is -0.548. The minimum Gasteiger partial charge on any atom is -0.507 e. The Bertz CT molecular complexity index is 651. The van der Waals surface area contributed by atoms with Crippen LogP contribution in [0.5, 0.6) is 5.75 Å². The molecule has 0 unspecified atom stereocenters. The van der Waals surface area contributed by atoms with Crippen LogP contribution in [0.25, 0.3) is 0 Å². The lowest BCUT2D eigenvalue weighted by Gasteiger charge is -2.16. The number of pyridine rings is 2. The Morgan fingerprint density at radius 3 is 2.22 bits per heavy atom. The molecule has 0 amide bonds. The maximum Gasteiger partial charge on any atom is 0.218 e. The van der Waals surface area contributed by atoms with Gasteiger partial charge in [0.25, 0.3) is 0 Å². The third kappa shape index (κ3) is 1.28. The average molecular weight is 261 g/mol. The standard InChI is InChI=1S/C12H5ClN2O3/c13-5-1-3-14-9-7(5)11(17)10-8(12(9)18)6(16)2-4-15-10/h1-4H,(H,15,16). The molecule has 1 aliphatic carbocycles. The van der Waals surface area contributed by atoms with Gasteiger partial charge >= 0.3 is 0 Å². The summed E-state index contributed by atoms with van der Waals surface area (Å²) in [4.78, 5) is 32.0. The van der Waals surface area contributed by atoms with Gasteiger partial charge in [0, 0.05) is 12.4 Å². The van der Waals surface area contributed by atoms with Gasteiger partial charge in [0.1, 0.15) is 17.1 Å². The van der Waals surface area contributed by atoms with E-state index in [0.29, 0.717) is 0 Å². The highest BCUT2D eigenvalue weighted by molar-refractivity contribution is 6.38. The Morgan fingerprint density at radius 1 is 0.944 bits per heavy atom. The van der Waals surface area contributed by atoms with Gasteiger partial charge in [-0.15, -0.1) is 0 Å². The van der Waals surface area contributed by atoms with Crippen LogP contribution in [0.2, 0.25) is 5.02 Å². The lowest BCUT2D eigenvalue weighted by molar-refractivity contribution is 0.0969. The van der Waals surface area contributed by atoms with Crippen LogP contribution < -0.4 is 0 Å². The maximum atomic E-state index is 12.2. The molecule has 2 aromatic heterocycles. The smallest absolute Gasteiger partial charge is 0.218 e. The van der Waals surface area contributed by atoms with Gasteiger partial charge in [0.05, 0.1) is 16.1 Å². The van der Waals surface area contributed by atoms with Crippen molar-refractivity contribution in [2.45, 2.75) is 0 Å². The van der Waals surface area contributed by atoms with Gasteiger partial charge in [-0.3, -0.25) is 19.6 Å². The van der Waals surface area contributed by atoms with Crippen molar-refractivity contribution in [2.75, 3.05) is 0 Å². The number of ketones is 2. The van der Waals surface area contributed by atoms with E-state index in [-0.39, 0.29) is 33.3 Å². The topological polar surface area (TPSA) is 80.2 Å². The Labute approximate surface area is 106 Å². The number of rotatable bonds is 0. The van der Waals surface area contributed by atoms with Crippen molar-refractivity contribution in [1.29, 1.82) is 0 Å². The quantitative estimate of drug-likeness (QED) is 0.664. The first-order valence-corrected chi connectivity index (χ1v) is 5.41. The van der Waals surface area contributed by atoms with Crippen molar-refractivity contribution >= 4 is 23.2 Å². The number of nitrogens with zero attached hydrogens (tertiary/aromatic N) is 2. The zero-order chi connectivity index (χ0) is 12.9. The molecule has 0 aliphatic heterocycles. The van der Waals surface area contributed by atoms with Gasteiger partial charge in [-0.05, 0) is 12.1 Å². The molecule has 0 saturated carbocycles. The number of fused-ring (bicyclic) bond motifs is 2. The van der Waals surface area contributed by atoms with Crippen molar-refractivity contribution < 1.29 is 14.7 Å². The van der Waals surface area contributed by atoms with Crippen molar-refractivity contribution in [1.82, 2.24) is 9.97 Å². The van der Waals surface area contributed by atoms with E-state index in [0.717, 1.165) is 0 Å². The van der Waals surface area contributed by atoms with Crippen molar-refractivity contribution in [3.05, 3.63) is 52.1 Å². The molecule has 5 nitrogen and oxygen atoms in total. The van der Waals surface area contributed by atoms with E-state index in [1.165, 1.54) is 24.5 Å². The molecule has 2 aromatic rings. The van der Waals surface area contributed by atoms with E-state index >= 15 is 0 Å².